The molecule has 0 aliphatic rings. The van der Waals surface area contributed by atoms with E-state index in [2.05, 4.69) is 5.32 Å². The van der Waals surface area contributed by atoms with Gasteiger partial charge in [0.15, 0.2) is 0 Å². The second-order valence-electron chi connectivity index (χ2n) is 4.44. The molecule has 0 atom stereocenters. The van der Waals surface area contributed by atoms with Crippen LogP contribution in [0.3, 0.4) is 0 Å². The van der Waals surface area contributed by atoms with Gasteiger partial charge in [0.2, 0.25) is 0 Å². The van der Waals surface area contributed by atoms with Crippen LogP contribution in [0.2, 0.25) is 0 Å². The van der Waals surface area contributed by atoms with Crippen molar-refractivity contribution in [3.05, 3.63) is 47.5 Å². The van der Waals surface area contributed by atoms with Crippen molar-refractivity contribution in [1.82, 2.24) is 0 Å². The van der Waals surface area contributed by atoms with Crippen molar-refractivity contribution in [2.75, 3.05) is 18.2 Å². The molecule has 0 fully saturated rings. The Morgan fingerprint density at radius 3 is 2.60 bits per heavy atom. The first kappa shape index (κ1) is 13.7. The molecule has 0 saturated heterocycles. The molecule has 0 bridgehead atoms. The number of nitrogens with two attached hydrogens (primary N) is 2. The molecule has 5 heteroatoms. The molecule has 0 aliphatic heterocycles. The smallest absolute Gasteiger partial charge is 0.250 e. The molecule has 0 spiro atoms. The number of amides is 1. The molecular formula is C15H17N3O2. The molecule has 0 aromatic heterocycles. The van der Waals surface area contributed by atoms with Gasteiger partial charge in [-0.2, -0.15) is 0 Å². The lowest BCUT2D eigenvalue weighted by atomic mass is 10.1. The van der Waals surface area contributed by atoms with Crippen molar-refractivity contribution in [2.45, 2.75) is 6.92 Å². The summed E-state index contributed by atoms with van der Waals surface area (Å²) in [5, 5.41) is 3.17. The van der Waals surface area contributed by atoms with E-state index in [0.29, 0.717) is 16.9 Å². The SMILES string of the molecule is COc1ccc(Nc2cccc(C(N)=O)c2N)cc1C. The largest absolute Gasteiger partial charge is 0.496 e. The van der Waals surface area contributed by atoms with Crippen LogP contribution >= 0.6 is 0 Å². The summed E-state index contributed by atoms with van der Waals surface area (Å²) in [7, 11) is 1.63. The van der Waals surface area contributed by atoms with Gasteiger partial charge in [-0.05, 0) is 42.8 Å². The number of rotatable bonds is 4. The first-order valence-electron chi connectivity index (χ1n) is 6.13. The average molecular weight is 271 g/mol. The molecule has 5 nitrogen and oxygen atoms in total. The fourth-order valence-corrected chi connectivity index (χ4v) is 2.00. The Hall–Kier alpha value is -2.69. The van der Waals surface area contributed by atoms with Gasteiger partial charge in [0.25, 0.3) is 5.91 Å². The maximum absolute atomic E-state index is 11.3. The second-order valence-corrected chi connectivity index (χ2v) is 4.44. The third-order valence-electron chi connectivity index (χ3n) is 3.05. The van der Waals surface area contributed by atoms with Crippen LogP contribution < -0.4 is 21.5 Å². The Kier molecular flexibility index (Phi) is 3.79. The summed E-state index contributed by atoms with van der Waals surface area (Å²) >= 11 is 0. The minimum absolute atomic E-state index is 0.306. The van der Waals surface area contributed by atoms with Crippen molar-refractivity contribution >= 4 is 23.0 Å². The highest BCUT2D eigenvalue weighted by molar-refractivity contribution is 6.01. The fraction of sp³-hybridized carbons (Fsp3) is 0.133. The Morgan fingerprint density at radius 1 is 1.25 bits per heavy atom. The minimum atomic E-state index is -0.544. The molecule has 1 amide bonds. The number of nitrogen functional groups attached to an aromatic ring is 1. The molecule has 2 rings (SSSR count). The van der Waals surface area contributed by atoms with E-state index >= 15 is 0 Å². The summed E-state index contributed by atoms with van der Waals surface area (Å²) < 4.78 is 5.21. The predicted molar refractivity (Wildman–Crippen MR) is 80.4 cm³/mol. The summed E-state index contributed by atoms with van der Waals surface area (Å²) in [4.78, 5) is 11.3. The number of hydrogen-bond acceptors (Lipinski definition) is 4. The molecule has 20 heavy (non-hydrogen) atoms. The molecule has 0 heterocycles. The Bertz CT molecular complexity index is 654. The van der Waals surface area contributed by atoms with Gasteiger partial charge >= 0.3 is 0 Å². The van der Waals surface area contributed by atoms with E-state index < -0.39 is 5.91 Å². The monoisotopic (exact) mass is 271 g/mol. The van der Waals surface area contributed by atoms with Gasteiger partial charge in [0.1, 0.15) is 5.75 Å². The predicted octanol–water partition coefficient (Wildman–Crippen LogP) is 2.43. The van der Waals surface area contributed by atoms with Gasteiger partial charge in [-0.25, -0.2) is 0 Å². The first-order chi connectivity index (χ1) is 9.52. The number of benzene rings is 2. The van der Waals surface area contributed by atoms with Gasteiger partial charge in [-0.1, -0.05) is 6.07 Å². The van der Waals surface area contributed by atoms with E-state index in [1.54, 1.807) is 25.3 Å². The first-order valence-corrected chi connectivity index (χ1v) is 6.13. The van der Waals surface area contributed by atoms with Crippen LogP contribution in [0.1, 0.15) is 15.9 Å². The lowest BCUT2D eigenvalue weighted by Gasteiger charge is -2.13. The highest BCUT2D eigenvalue weighted by Crippen LogP contribution is 2.28. The standard InChI is InChI=1S/C15H17N3O2/c1-9-8-10(6-7-13(9)20-2)18-12-5-3-4-11(14(12)16)15(17)19/h3-8,18H,16H2,1-2H3,(H2,17,19). The van der Waals surface area contributed by atoms with Crippen LogP contribution in [0.15, 0.2) is 36.4 Å². The van der Waals surface area contributed by atoms with E-state index in [1.165, 1.54) is 0 Å². The Morgan fingerprint density at radius 2 is 2.00 bits per heavy atom. The van der Waals surface area contributed by atoms with Crippen LogP contribution in [0, 0.1) is 6.92 Å². The normalized spacial score (nSPS) is 10.1. The van der Waals surface area contributed by atoms with E-state index in [1.807, 2.05) is 25.1 Å². The van der Waals surface area contributed by atoms with Crippen molar-refractivity contribution in [3.8, 4) is 5.75 Å². The van der Waals surface area contributed by atoms with Gasteiger partial charge in [0, 0.05) is 5.69 Å². The molecule has 0 saturated carbocycles. The summed E-state index contributed by atoms with van der Waals surface area (Å²) in [6, 6.07) is 10.8. The van der Waals surface area contributed by atoms with Crippen molar-refractivity contribution in [1.29, 1.82) is 0 Å². The number of carbonyl (C=O) groups is 1. The zero-order chi connectivity index (χ0) is 14.7. The van der Waals surface area contributed by atoms with Gasteiger partial charge in [-0.3, -0.25) is 4.79 Å². The lowest BCUT2D eigenvalue weighted by Crippen LogP contribution is -2.14. The number of primary amides is 1. The van der Waals surface area contributed by atoms with E-state index in [9.17, 15) is 4.79 Å². The number of anilines is 3. The number of aryl methyl sites for hydroxylation is 1. The lowest BCUT2D eigenvalue weighted by molar-refractivity contribution is 0.100. The molecule has 2 aromatic rings. The van der Waals surface area contributed by atoms with E-state index in [4.69, 9.17) is 16.2 Å². The number of methoxy groups -OCH3 is 1. The molecule has 5 N–H and O–H groups in total. The third-order valence-corrected chi connectivity index (χ3v) is 3.05. The van der Waals surface area contributed by atoms with Gasteiger partial charge in [-0.15, -0.1) is 0 Å². The van der Waals surface area contributed by atoms with Crippen LogP contribution in [0.4, 0.5) is 17.1 Å². The number of carbonyl (C=O) groups excluding carboxylic acids is 1. The summed E-state index contributed by atoms with van der Waals surface area (Å²) in [6.45, 7) is 1.95. The Balaban J connectivity index is 2.33. The molecular weight excluding hydrogens is 254 g/mol. The maximum atomic E-state index is 11.3. The zero-order valence-corrected chi connectivity index (χ0v) is 11.4. The minimum Gasteiger partial charge on any atom is -0.496 e. The van der Waals surface area contributed by atoms with Crippen molar-refractivity contribution in [2.24, 2.45) is 5.73 Å². The highest BCUT2D eigenvalue weighted by Gasteiger charge is 2.09. The van der Waals surface area contributed by atoms with Crippen molar-refractivity contribution < 1.29 is 9.53 Å². The van der Waals surface area contributed by atoms with E-state index in [0.717, 1.165) is 17.0 Å². The maximum Gasteiger partial charge on any atom is 0.250 e. The number of hydrogen-bond donors (Lipinski definition) is 3. The van der Waals surface area contributed by atoms with Crippen LogP contribution in [0.25, 0.3) is 0 Å². The molecule has 104 valence electrons. The van der Waals surface area contributed by atoms with Crippen LogP contribution in [-0.2, 0) is 0 Å². The summed E-state index contributed by atoms with van der Waals surface area (Å²) in [5.41, 5.74) is 14.4. The topological polar surface area (TPSA) is 90.4 Å². The summed E-state index contributed by atoms with van der Waals surface area (Å²) in [6.07, 6.45) is 0. The molecule has 2 aromatic carbocycles. The third kappa shape index (κ3) is 2.66. The van der Waals surface area contributed by atoms with Crippen LogP contribution in [-0.4, -0.2) is 13.0 Å². The molecule has 0 unspecified atom stereocenters. The fourth-order valence-electron chi connectivity index (χ4n) is 2.00. The van der Waals surface area contributed by atoms with Crippen LogP contribution in [0.5, 0.6) is 5.75 Å². The molecule has 0 radical (unpaired) electrons. The number of nitrogens with one attached hydrogen (secondary N) is 1. The van der Waals surface area contributed by atoms with Gasteiger partial charge < -0.3 is 21.5 Å². The quantitative estimate of drug-likeness (QED) is 0.745. The number of ether oxygens (including phenoxy) is 1. The summed E-state index contributed by atoms with van der Waals surface area (Å²) in [5.74, 6) is 0.270. The van der Waals surface area contributed by atoms with Gasteiger partial charge in [0.05, 0.1) is 24.0 Å². The number of para-hydroxylation sites is 1. The average Bonchev–Trinajstić information content (AvgIpc) is 2.41. The Labute approximate surface area is 117 Å². The second kappa shape index (κ2) is 5.52. The molecule has 0 aliphatic carbocycles. The highest BCUT2D eigenvalue weighted by atomic mass is 16.5. The zero-order valence-electron chi connectivity index (χ0n) is 11.4. The van der Waals surface area contributed by atoms with E-state index in [-0.39, 0.29) is 0 Å². The van der Waals surface area contributed by atoms with Crippen molar-refractivity contribution in [3.63, 3.8) is 0 Å².